The summed E-state index contributed by atoms with van der Waals surface area (Å²) in [5.74, 6) is -0.0254. The van der Waals surface area contributed by atoms with E-state index in [2.05, 4.69) is 80.9 Å². The van der Waals surface area contributed by atoms with Crippen molar-refractivity contribution in [2.75, 3.05) is 39.6 Å². The number of rotatable bonds is 12. The predicted molar refractivity (Wildman–Crippen MR) is 172 cm³/mol. The molecule has 8 nitrogen and oxygen atoms in total. The molecule has 0 aromatic heterocycles. The minimum absolute atomic E-state index is 0.0254. The SMILES string of the molecule is CNS(=O)(=O)CCCOC1c2cc(C)ccc2-c2cc3c(cc2C1OCCCN(C)S(=O)O)-c1ccc(C)cc1C3(C)C. The molecule has 3 unspecified atom stereocenters. The third kappa shape index (κ3) is 6.38. The van der Waals surface area contributed by atoms with Crippen LogP contribution in [0.5, 0.6) is 0 Å². The summed E-state index contributed by atoms with van der Waals surface area (Å²) >= 11 is -2.04. The van der Waals surface area contributed by atoms with Gasteiger partial charge in [-0.2, -0.15) is 0 Å². The molecule has 2 aliphatic rings. The highest BCUT2D eigenvalue weighted by Crippen LogP contribution is 2.55. The van der Waals surface area contributed by atoms with Crippen molar-refractivity contribution in [3.63, 3.8) is 0 Å². The lowest BCUT2D eigenvalue weighted by atomic mass is 9.76. The molecule has 0 heterocycles. The molecule has 2 aliphatic carbocycles. The molecule has 10 heteroatoms. The zero-order valence-electron chi connectivity index (χ0n) is 25.8. The highest BCUT2D eigenvalue weighted by atomic mass is 32.2. The Bertz CT molecular complexity index is 1650. The van der Waals surface area contributed by atoms with Gasteiger partial charge in [0.25, 0.3) is 0 Å². The summed E-state index contributed by atoms with van der Waals surface area (Å²) in [6, 6.07) is 17.6. The summed E-state index contributed by atoms with van der Waals surface area (Å²) in [6.45, 7) is 9.75. The third-order valence-electron chi connectivity index (χ3n) is 8.73. The van der Waals surface area contributed by atoms with Crippen molar-refractivity contribution in [2.45, 2.75) is 58.2 Å². The fraction of sp³-hybridized carbons (Fsp3) is 0.455. The number of sulfonamides is 1. The smallest absolute Gasteiger partial charge is 0.234 e. The summed E-state index contributed by atoms with van der Waals surface area (Å²) in [5, 5.41) is 0. The molecule has 0 amide bonds. The zero-order chi connectivity index (χ0) is 31.1. The fourth-order valence-corrected chi connectivity index (χ4v) is 7.35. The van der Waals surface area contributed by atoms with E-state index >= 15 is 0 Å². The molecule has 3 aromatic carbocycles. The van der Waals surface area contributed by atoms with E-state index in [-0.39, 0.29) is 17.8 Å². The molecule has 3 aromatic rings. The van der Waals surface area contributed by atoms with E-state index in [4.69, 9.17) is 9.47 Å². The maximum atomic E-state index is 12.0. The van der Waals surface area contributed by atoms with E-state index in [1.165, 1.54) is 39.2 Å². The van der Waals surface area contributed by atoms with Crippen LogP contribution in [0.15, 0.2) is 48.5 Å². The molecule has 0 radical (unpaired) electrons. The van der Waals surface area contributed by atoms with Crippen molar-refractivity contribution in [1.82, 2.24) is 9.03 Å². The van der Waals surface area contributed by atoms with Crippen LogP contribution in [0.1, 0.15) is 72.3 Å². The Morgan fingerprint density at radius 1 is 0.860 bits per heavy atom. The Balaban J connectivity index is 1.57. The van der Waals surface area contributed by atoms with Crippen LogP contribution >= 0.6 is 0 Å². The number of hydrogen-bond donors (Lipinski definition) is 2. The number of hydrogen-bond acceptors (Lipinski definition) is 5. The molecule has 5 rings (SSSR count). The summed E-state index contributed by atoms with van der Waals surface area (Å²) in [6.07, 6.45) is 0.00797. The fourth-order valence-electron chi connectivity index (χ4n) is 6.36. The molecule has 0 saturated carbocycles. The van der Waals surface area contributed by atoms with Gasteiger partial charge in [-0.25, -0.2) is 21.7 Å². The van der Waals surface area contributed by atoms with Crippen molar-refractivity contribution in [3.8, 4) is 22.3 Å². The van der Waals surface area contributed by atoms with Gasteiger partial charge in [0.2, 0.25) is 21.3 Å². The lowest BCUT2D eigenvalue weighted by molar-refractivity contribution is -0.0798. The van der Waals surface area contributed by atoms with Crippen LogP contribution in [0.25, 0.3) is 22.3 Å². The third-order valence-corrected chi connectivity index (χ3v) is 10.9. The first-order chi connectivity index (χ1) is 20.3. The number of nitrogens with one attached hydrogen (secondary N) is 1. The van der Waals surface area contributed by atoms with E-state index in [9.17, 15) is 17.2 Å². The van der Waals surface area contributed by atoms with E-state index in [1.54, 1.807) is 7.05 Å². The van der Waals surface area contributed by atoms with Gasteiger partial charge < -0.3 is 9.47 Å². The van der Waals surface area contributed by atoms with E-state index < -0.39 is 33.5 Å². The molecule has 2 N–H and O–H groups in total. The normalized spacial score (nSPS) is 19.1. The Morgan fingerprint density at radius 3 is 2.09 bits per heavy atom. The zero-order valence-corrected chi connectivity index (χ0v) is 27.4. The second-order valence-corrected chi connectivity index (χ2v) is 15.3. The maximum absolute atomic E-state index is 12.0. The second-order valence-electron chi connectivity index (χ2n) is 12.1. The summed E-state index contributed by atoms with van der Waals surface area (Å²) < 4.78 is 61.8. The number of nitrogens with zero attached hydrogens (tertiary/aromatic N) is 1. The Kier molecular flexibility index (Phi) is 9.30. The van der Waals surface area contributed by atoms with Gasteiger partial charge in [-0.3, -0.25) is 4.55 Å². The first-order valence-electron chi connectivity index (χ1n) is 14.7. The summed E-state index contributed by atoms with van der Waals surface area (Å²) in [5.41, 5.74) is 11.4. The molecule has 0 fully saturated rings. The van der Waals surface area contributed by atoms with Crippen LogP contribution in [-0.4, -0.2) is 61.1 Å². The van der Waals surface area contributed by atoms with Crippen LogP contribution in [0.2, 0.25) is 0 Å². The van der Waals surface area contributed by atoms with E-state index in [0.29, 0.717) is 26.0 Å². The van der Waals surface area contributed by atoms with Gasteiger partial charge in [-0.05, 0) is 90.4 Å². The van der Waals surface area contributed by atoms with Crippen molar-refractivity contribution in [1.29, 1.82) is 0 Å². The molecule has 3 atom stereocenters. The monoisotopic (exact) mass is 626 g/mol. The molecule has 0 aliphatic heterocycles. The largest absolute Gasteiger partial charge is 0.370 e. The van der Waals surface area contributed by atoms with Crippen LogP contribution in [0.3, 0.4) is 0 Å². The number of aryl methyl sites for hydroxylation is 2. The van der Waals surface area contributed by atoms with Gasteiger partial charge >= 0.3 is 0 Å². The predicted octanol–water partition coefficient (Wildman–Crippen LogP) is 5.80. The average molecular weight is 627 g/mol. The second kappa shape index (κ2) is 12.5. The van der Waals surface area contributed by atoms with Gasteiger partial charge in [-0.15, -0.1) is 0 Å². The van der Waals surface area contributed by atoms with E-state index in [1.807, 2.05) is 0 Å². The maximum Gasteiger partial charge on any atom is 0.234 e. The van der Waals surface area contributed by atoms with Crippen molar-refractivity contribution >= 4 is 21.3 Å². The standard InChI is InChI=1S/C33H42N2O6S2/c1-21-9-11-23-25-20-30-26(24-12-10-22(2)18-29(24)33(30,3)4)19-28(25)32(40-14-7-13-35(6)42(36)37)31(27(23)17-21)41-15-8-16-43(38,39)34-5/h9-12,17-20,31-32,34H,7-8,13-16H2,1-6H3,(H,36,37). The topological polar surface area (TPSA) is 105 Å². The lowest BCUT2D eigenvalue weighted by Gasteiger charge is -2.36. The van der Waals surface area contributed by atoms with Crippen LogP contribution in [-0.2, 0) is 36.2 Å². The minimum Gasteiger partial charge on any atom is -0.370 e. The van der Waals surface area contributed by atoms with Crippen LogP contribution in [0, 0.1) is 13.8 Å². The molecule has 0 saturated heterocycles. The van der Waals surface area contributed by atoms with Gasteiger partial charge in [-0.1, -0.05) is 61.4 Å². The first-order valence-corrected chi connectivity index (χ1v) is 17.4. The van der Waals surface area contributed by atoms with Crippen LogP contribution in [0.4, 0.5) is 0 Å². The van der Waals surface area contributed by atoms with Crippen molar-refractivity contribution in [3.05, 3.63) is 81.9 Å². The molecule has 232 valence electrons. The minimum atomic E-state index is -3.35. The van der Waals surface area contributed by atoms with Gasteiger partial charge in [0.1, 0.15) is 12.2 Å². The Labute approximate surface area is 258 Å². The first kappa shape index (κ1) is 32.0. The molecule has 0 bridgehead atoms. The number of ether oxygens (including phenoxy) is 2. The molecular formula is C33H42N2O6S2. The van der Waals surface area contributed by atoms with Crippen molar-refractivity contribution in [2.24, 2.45) is 0 Å². The highest BCUT2D eigenvalue weighted by Gasteiger charge is 2.41. The molecular weight excluding hydrogens is 585 g/mol. The Morgan fingerprint density at radius 2 is 1.44 bits per heavy atom. The molecule has 0 spiro atoms. The quantitative estimate of drug-likeness (QED) is 0.194. The summed E-state index contributed by atoms with van der Waals surface area (Å²) in [7, 11) is -0.331. The van der Waals surface area contributed by atoms with Crippen LogP contribution < -0.4 is 4.72 Å². The number of benzene rings is 3. The molecule has 43 heavy (non-hydrogen) atoms. The lowest BCUT2D eigenvalue weighted by Crippen LogP contribution is -2.27. The Hall–Kier alpha value is -2.44. The van der Waals surface area contributed by atoms with Gasteiger partial charge in [0.05, 0.1) is 5.75 Å². The van der Waals surface area contributed by atoms with E-state index in [0.717, 1.165) is 27.8 Å². The summed E-state index contributed by atoms with van der Waals surface area (Å²) in [4.78, 5) is 0. The highest BCUT2D eigenvalue weighted by molar-refractivity contribution is 7.89. The van der Waals surface area contributed by atoms with Gasteiger partial charge in [0, 0.05) is 32.2 Å². The average Bonchev–Trinajstić information content (AvgIpc) is 3.17. The van der Waals surface area contributed by atoms with Crippen molar-refractivity contribution < 1.29 is 26.7 Å². The van der Waals surface area contributed by atoms with Gasteiger partial charge in [0.15, 0.2) is 0 Å². The number of fused-ring (bicyclic) bond motifs is 6.